The lowest BCUT2D eigenvalue weighted by Gasteiger charge is -2.29. The van der Waals surface area contributed by atoms with Crippen LogP contribution in [0, 0.1) is 0 Å². The highest BCUT2D eigenvalue weighted by Gasteiger charge is 2.34. The van der Waals surface area contributed by atoms with Gasteiger partial charge in [0.2, 0.25) is 5.95 Å². The van der Waals surface area contributed by atoms with Crippen LogP contribution >= 0.6 is 0 Å². The normalized spacial score (nSPS) is 22.9. The molecule has 1 saturated carbocycles. The SMILES string of the molecule is CCNc1nc(NC2CCCCC2O)cc(C(F)(F)F)n1. The molecule has 0 saturated heterocycles. The van der Waals surface area contributed by atoms with Gasteiger partial charge in [0.15, 0.2) is 5.69 Å². The first-order valence-electron chi connectivity index (χ1n) is 7.05. The molecule has 21 heavy (non-hydrogen) atoms. The molecule has 0 amide bonds. The van der Waals surface area contributed by atoms with Crippen LogP contribution in [0.25, 0.3) is 0 Å². The molecule has 1 aromatic rings. The quantitative estimate of drug-likeness (QED) is 0.798. The fraction of sp³-hybridized carbons (Fsp3) is 0.692. The molecule has 1 aliphatic carbocycles. The van der Waals surface area contributed by atoms with Gasteiger partial charge in [-0.2, -0.15) is 18.2 Å². The van der Waals surface area contributed by atoms with Gasteiger partial charge in [0, 0.05) is 12.6 Å². The van der Waals surface area contributed by atoms with Gasteiger partial charge in [-0.1, -0.05) is 12.8 Å². The Morgan fingerprint density at radius 3 is 2.62 bits per heavy atom. The molecule has 0 aliphatic heterocycles. The van der Waals surface area contributed by atoms with Gasteiger partial charge in [0.25, 0.3) is 0 Å². The van der Waals surface area contributed by atoms with Crippen molar-refractivity contribution < 1.29 is 18.3 Å². The number of anilines is 2. The summed E-state index contributed by atoms with van der Waals surface area (Å²) in [5.74, 6) is 0.0133. The van der Waals surface area contributed by atoms with Crippen LogP contribution in [0.2, 0.25) is 0 Å². The molecule has 118 valence electrons. The average molecular weight is 304 g/mol. The van der Waals surface area contributed by atoms with Gasteiger partial charge in [0.05, 0.1) is 12.1 Å². The third-order valence-corrected chi connectivity index (χ3v) is 3.41. The van der Waals surface area contributed by atoms with Crippen molar-refractivity contribution in [2.24, 2.45) is 0 Å². The average Bonchev–Trinajstić information content (AvgIpc) is 2.41. The van der Waals surface area contributed by atoms with Gasteiger partial charge in [-0.05, 0) is 19.8 Å². The number of nitrogens with zero attached hydrogens (tertiary/aromatic N) is 2. The zero-order valence-electron chi connectivity index (χ0n) is 11.7. The predicted octanol–water partition coefficient (Wildman–Crippen LogP) is 2.64. The summed E-state index contributed by atoms with van der Waals surface area (Å²) in [5, 5.41) is 15.5. The summed E-state index contributed by atoms with van der Waals surface area (Å²) in [6, 6.07) is 0.603. The monoisotopic (exact) mass is 304 g/mol. The van der Waals surface area contributed by atoms with Crippen molar-refractivity contribution in [2.45, 2.75) is 50.9 Å². The predicted molar refractivity (Wildman–Crippen MR) is 73.1 cm³/mol. The van der Waals surface area contributed by atoms with Crippen LogP contribution in [-0.2, 0) is 6.18 Å². The van der Waals surface area contributed by atoms with Crippen LogP contribution in [0.5, 0.6) is 0 Å². The van der Waals surface area contributed by atoms with E-state index >= 15 is 0 Å². The summed E-state index contributed by atoms with van der Waals surface area (Å²) >= 11 is 0. The lowest BCUT2D eigenvalue weighted by molar-refractivity contribution is -0.141. The third-order valence-electron chi connectivity index (χ3n) is 3.41. The zero-order chi connectivity index (χ0) is 15.5. The van der Waals surface area contributed by atoms with Crippen LogP contribution in [0.15, 0.2) is 6.07 Å². The summed E-state index contributed by atoms with van der Waals surface area (Å²) in [6.07, 6.45) is -1.87. The molecule has 1 aromatic heterocycles. The number of rotatable bonds is 4. The first-order chi connectivity index (χ1) is 9.90. The van der Waals surface area contributed by atoms with Crippen LogP contribution in [0.3, 0.4) is 0 Å². The van der Waals surface area contributed by atoms with Gasteiger partial charge >= 0.3 is 6.18 Å². The molecule has 0 spiro atoms. The molecule has 0 bridgehead atoms. The third kappa shape index (κ3) is 4.20. The van der Waals surface area contributed by atoms with E-state index in [9.17, 15) is 18.3 Å². The number of aromatic nitrogens is 2. The van der Waals surface area contributed by atoms with Gasteiger partial charge in [-0.15, -0.1) is 0 Å². The number of hydrogen-bond acceptors (Lipinski definition) is 5. The molecule has 8 heteroatoms. The Kier molecular flexibility index (Phi) is 4.87. The van der Waals surface area contributed by atoms with E-state index in [1.54, 1.807) is 6.92 Å². The molecule has 3 N–H and O–H groups in total. The topological polar surface area (TPSA) is 70.1 Å². The standard InChI is InChI=1S/C13H19F3N4O/c1-2-17-12-19-10(13(14,15)16)7-11(20-12)18-8-5-3-4-6-9(8)21/h7-9,21H,2-6H2,1H3,(H2,17,18,19,20). The largest absolute Gasteiger partial charge is 0.433 e. The summed E-state index contributed by atoms with van der Waals surface area (Å²) < 4.78 is 38.5. The zero-order valence-corrected chi connectivity index (χ0v) is 11.7. The first-order valence-corrected chi connectivity index (χ1v) is 7.05. The Hall–Kier alpha value is -1.57. The Morgan fingerprint density at radius 1 is 1.29 bits per heavy atom. The van der Waals surface area contributed by atoms with E-state index in [-0.39, 0.29) is 17.8 Å². The van der Waals surface area contributed by atoms with E-state index in [0.717, 1.165) is 18.9 Å². The van der Waals surface area contributed by atoms with Crippen LogP contribution in [0.4, 0.5) is 24.9 Å². The smallest absolute Gasteiger partial charge is 0.391 e. The lowest BCUT2D eigenvalue weighted by Crippen LogP contribution is -2.36. The minimum atomic E-state index is -4.53. The molecule has 0 aromatic carbocycles. The molecule has 5 nitrogen and oxygen atoms in total. The molecule has 1 heterocycles. The van der Waals surface area contributed by atoms with Crippen molar-refractivity contribution in [3.05, 3.63) is 11.8 Å². The molecule has 0 radical (unpaired) electrons. The van der Waals surface area contributed by atoms with Gasteiger partial charge in [-0.3, -0.25) is 0 Å². The summed E-state index contributed by atoms with van der Waals surface area (Å²) in [5.41, 5.74) is -0.999. The van der Waals surface area contributed by atoms with Crippen molar-refractivity contribution in [3.63, 3.8) is 0 Å². The van der Waals surface area contributed by atoms with E-state index in [2.05, 4.69) is 20.6 Å². The molecule has 2 unspecified atom stereocenters. The molecular weight excluding hydrogens is 285 g/mol. The number of aliphatic hydroxyl groups excluding tert-OH is 1. The van der Waals surface area contributed by atoms with E-state index < -0.39 is 18.0 Å². The highest BCUT2D eigenvalue weighted by molar-refractivity contribution is 5.44. The second-order valence-corrected chi connectivity index (χ2v) is 5.09. The maximum Gasteiger partial charge on any atom is 0.433 e. The number of halogens is 3. The Bertz CT molecular complexity index is 481. The minimum absolute atomic E-state index is 0.0693. The second-order valence-electron chi connectivity index (χ2n) is 5.09. The molecule has 1 aliphatic rings. The summed E-state index contributed by atoms with van der Waals surface area (Å²) in [4.78, 5) is 7.48. The second kappa shape index (κ2) is 6.46. The summed E-state index contributed by atoms with van der Waals surface area (Å²) in [6.45, 7) is 2.18. The first kappa shape index (κ1) is 15.8. The maximum absolute atomic E-state index is 12.8. The van der Waals surface area contributed by atoms with Crippen LogP contribution in [0.1, 0.15) is 38.3 Å². The lowest BCUT2D eigenvalue weighted by atomic mass is 9.92. The van der Waals surface area contributed by atoms with Crippen molar-refractivity contribution in [2.75, 3.05) is 17.2 Å². The number of nitrogens with one attached hydrogen (secondary N) is 2. The van der Waals surface area contributed by atoms with Crippen molar-refractivity contribution >= 4 is 11.8 Å². The molecule has 1 fully saturated rings. The van der Waals surface area contributed by atoms with E-state index in [1.807, 2.05) is 0 Å². The minimum Gasteiger partial charge on any atom is -0.391 e. The molecule has 2 atom stereocenters. The fourth-order valence-electron chi connectivity index (χ4n) is 2.37. The van der Waals surface area contributed by atoms with Crippen molar-refractivity contribution in [1.29, 1.82) is 0 Å². The van der Waals surface area contributed by atoms with Gasteiger partial charge in [0.1, 0.15) is 5.82 Å². The fourth-order valence-corrected chi connectivity index (χ4v) is 2.37. The van der Waals surface area contributed by atoms with E-state index in [1.165, 1.54) is 0 Å². The van der Waals surface area contributed by atoms with Crippen molar-refractivity contribution in [1.82, 2.24) is 9.97 Å². The van der Waals surface area contributed by atoms with Gasteiger partial charge < -0.3 is 15.7 Å². The highest BCUT2D eigenvalue weighted by Crippen LogP contribution is 2.30. The summed E-state index contributed by atoms with van der Waals surface area (Å²) in [7, 11) is 0. The van der Waals surface area contributed by atoms with E-state index in [4.69, 9.17) is 0 Å². The highest BCUT2D eigenvalue weighted by atomic mass is 19.4. The van der Waals surface area contributed by atoms with Crippen molar-refractivity contribution in [3.8, 4) is 0 Å². The Morgan fingerprint density at radius 2 is 2.00 bits per heavy atom. The van der Waals surface area contributed by atoms with Crippen LogP contribution < -0.4 is 10.6 Å². The van der Waals surface area contributed by atoms with E-state index in [0.29, 0.717) is 19.4 Å². The number of aliphatic hydroxyl groups is 1. The number of alkyl halides is 3. The number of hydrogen-bond donors (Lipinski definition) is 3. The molecule has 2 rings (SSSR count). The Balaban J connectivity index is 2.22. The molecular formula is C13H19F3N4O. The van der Waals surface area contributed by atoms with Gasteiger partial charge in [-0.25, -0.2) is 4.98 Å². The van der Waals surface area contributed by atoms with Crippen LogP contribution in [-0.4, -0.2) is 33.8 Å². The Labute approximate surface area is 121 Å². The maximum atomic E-state index is 12.8.